The van der Waals surface area contributed by atoms with E-state index >= 15 is 0 Å². The summed E-state index contributed by atoms with van der Waals surface area (Å²) in [6.07, 6.45) is 19.1. The van der Waals surface area contributed by atoms with E-state index in [0.29, 0.717) is 0 Å². The smallest absolute Gasteiger partial charge is 0.169 e. The lowest BCUT2D eigenvalue weighted by atomic mass is 10.2. The summed E-state index contributed by atoms with van der Waals surface area (Å²) in [5, 5.41) is 9.49. The maximum atomic E-state index is 4.65. The van der Waals surface area contributed by atoms with Gasteiger partial charge in [0, 0.05) is 37.2 Å². The summed E-state index contributed by atoms with van der Waals surface area (Å²) in [5.74, 6) is 0. The molecule has 5 heterocycles. The van der Waals surface area contributed by atoms with Crippen LogP contribution >= 0.6 is 0 Å². The van der Waals surface area contributed by atoms with Gasteiger partial charge in [-0.3, -0.25) is 10.1 Å². The van der Waals surface area contributed by atoms with Crippen LogP contribution in [0.5, 0.6) is 0 Å². The van der Waals surface area contributed by atoms with Gasteiger partial charge >= 0.3 is 0 Å². The number of nitrogens with one attached hydrogen (secondary N) is 3. The van der Waals surface area contributed by atoms with Crippen molar-refractivity contribution in [3.63, 3.8) is 0 Å². The van der Waals surface area contributed by atoms with Crippen LogP contribution in [0.2, 0.25) is 0 Å². The largest absolute Gasteiger partial charge is 0.482 e. The molecule has 3 aromatic rings. The molecule has 0 radical (unpaired) electrons. The number of imidazole rings is 1. The van der Waals surface area contributed by atoms with Crippen LogP contribution in [0.4, 0.5) is 0 Å². The zero-order chi connectivity index (χ0) is 19.1. The van der Waals surface area contributed by atoms with Crippen LogP contribution in [0.25, 0.3) is 0 Å². The molecule has 0 atom stereocenters. The van der Waals surface area contributed by atoms with E-state index in [-0.39, 0.29) is 0 Å². The molecule has 0 spiro atoms. The second-order valence-electron chi connectivity index (χ2n) is 5.12. The molecule has 0 saturated carbocycles. The van der Waals surface area contributed by atoms with E-state index in [2.05, 4.69) is 45.2 Å². The number of piperidine rings is 1. The monoisotopic (exact) mass is 372 g/mol. The number of aromatic nitrogens is 6. The van der Waals surface area contributed by atoms with Crippen LogP contribution in [0.15, 0.2) is 67.0 Å². The van der Waals surface area contributed by atoms with Crippen LogP contribution in [0.1, 0.15) is 19.3 Å². The van der Waals surface area contributed by atoms with Crippen molar-refractivity contribution in [3.05, 3.63) is 62.0 Å². The number of aliphatic imine (C=N–C) groups is 1. The van der Waals surface area contributed by atoms with Gasteiger partial charge < -0.3 is 15.0 Å². The molecule has 5 rings (SSSR count). The van der Waals surface area contributed by atoms with Gasteiger partial charge in [0.1, 0.15) is 12.9 Å². The minimum Gasteiger partial charge on any atom is -0.482 e. The van der Waals surface area contributed by atoms with Gasteiger partial charge in [0.15, 0.2) is 6.40 Å². The highest BCUT2D eigenvalue weighted by Gasteiger charge is 1.93. The Kier molecular flexibility index (Phi) is 15.7. The maximum Gasteiger partial charge on any atom is 0.169 e. The lowest BCUT2D eigenvalue weighted by molar-refractivity contribution is 0.361. The standard InChI is InChI=1S/C5H11N.C4H4N2.2C3H4N2.C3H5NO/c1-2-4-6-5-3-1;1-2-5-4-6-3-1;1-2-5-3-4-1;1-2-4-5-3-1;1-2-5-3-4-1/h6H,1-5H2;1-4H;2*1-3H,(H,4,5);3H,1-2H2. The average molecular weight is 372 g/mol. The van der Waals surface area contributed by atoms with Crippen molar-refractivity contribution in [1.29, 1.82) is 0 Å². The van der Waals surface area contributed by atoms with Gasteiger partial charge in [0.2, 0.25) is 0 Å². The van der Waals surface area contributed by atoms with Crippen molar-refractivity contribution in [2.24, 2.45) is 4.99 Å². The Balaban J connectivity index is 0.000000169. The highest BCUT2D eigenvalue weighted by molar-refractivity contribution is 5.47. The van der Waals surface area contributed by atoms with Crippen molar-refractivity contribution in [2.45, 2.75) is 19.3 Å². The minimum atomic E-state index is 0.778. The number of nitrogens with zero attached hydrogens (tertiary/aromatic N) is 5. The molecule has 2 aliphatic heterocycles. The molecule has 0 amide bonds. The SMILES string of the molecule is C1=NCCO1.C1CCNCC1.c1c[nH]cn1.c1cn[nH]c1.c1cncnc1. The van der Waals surface area contributed by atoms with Gasteiger partial charge in [-0.05, 0) is 38.1 Å². The van der Waals surface area contributed by atoms with Crippen molar-refractivity contribution in [3.8, 4) is 0 Å². The first-order chi connectivity index (χ1) is 13.5. The summed E-state index contributed by atoms with van der Waals surface area (Å²) < 4.78 is 4.65. The zero-order valence-corrected chi connectivity index (χ0v) is 15.4. The Labute approximate surface area is 159 Å². The van der Waals surface area contributed by atoms with Crippen molar-refractivity contribution in [1.82, 2.24) is 35.5 Å². The van der Waals surface area contributed by atoms with Crippen molar-refractivity contribution < 1.29 is 4.74 Å². The lowest BCUT2D eigenvalue weighted by Gasteiger charge is -2.08. The molecule has 0 bridgehead atoms. The molecule has 146 valence electrons. The third kappa shape index (κ3) is 17.5. The van der Waals surface area contributed by atoms with E-state index in [4.69, 9.17) is 0 Å². The van der Waals surface area contributed by atoms with E-state index in [1.54, 1.807) is 49.6 Å². The predicted molar refractivity (Wildman–Crippen MR) is 105 cm³/mol. The molecule has 9 nitrogen and oxygen atoms in total. The molecule has 2 aliphatic rings. The first kappa shape index (κ1) is 22.0. The van der Waals surface area contributed by atoms with Crippen LogP contribution in [-0.2, 0) is 4.74 Å². The fraction of sp³-hybridized carbons (Fsp3) is 0.389. The fourth-order valence-electron chi connectivity index (χ4n) is 1.75. The first-order valence-electron chi connectivity index (χ1n) is 8.87. The number of H-pyrrole nitrogens is 2. The number of hydrogen-bond acceptors (Lipinski definition) is 7. The molecule has 0 aromatic carbocycles. The topological polar surface area (TPSA) is 117 Å². The van der Waals surface area contributed by atoms with E-state index in [0.717, 1.165) is 13.2 Å². The summed E-state index contributed by atoms with van der Waals surface area (Å²) in [6.45, 7) is 4.12. The van der Waals surface area contributed by atoms with Gasteiger partial charge in [-0.1, -0.05) is 6.42 Å². The maximum absolute atomic E-state index is 4.65. The zero-order valence-electron chi connectivity index (χ0n) is 15.4. The molecule has 0 unspecified atom stereocenters. The molecule has 27 heavy (non-hydrogen) atoms. The Hall–Kier alpha value is -3.07. The van der Waals surface area contributed by atoms with E-state index in [9.17, 15) is 0 Å². The lowest BCUT2D eigenvalue weighted by Crippen LogP contribution is -2.21. The first-order valence-corrected chi connectivity index (χ1v) is 8.87. The third-order valence-corrected chi connectivity index (χ3v) is 2.98. The Morgan fingerprint density at radius 2 is 1.67 bits per heavy atom. The van der Waals surface area contributed by atoms with Gasteiger partial charge in [-0.2, -0.15) is 5.10 Å². The summed E-state index contributed by atoms with van der Waals surface area (Å²) in [7, 11) is 0. The van der Waals surface area contributed by atoms with Crippen LogP contribution in [-0.4, -0.2) is 62.8 Å². The van der Waals surface area contributed by atoms with E-state index in [1.807, 2.05) is 6.07 Å². The third-order valence-electron chi connectivity index (χ3n) is 2.98. The van der Waals surface area contributed by atoms with Crippen molar-refractivity contribution in [2.75, 3.05) is 26.2 Å². The van der Waals surface area contributed by atoms with Crippen molar-refractivity contribution >= 4 is 6.40 Å². The summed E-state index contributed by atoms with van der Waals surface area (Å²) in [5.41, 5.74) is 0. The number of ether oxygens (including phenoxy) is 1. The average Bonchev–Trinajstić information content (AvgIpc) is 3.58. The highest BCUT2D eigenvalue weighted by atomic mass is 16.5. The van der Waals surface area contributed by atoms with Crippen LogP contribution in [0.3, 0.4) is 0 Å². The summed E-state index contributed by atoms with van der Waals surface area (Å²) >= 11 is 0. The Morgan fingerprint density at radius 3 is 1.85 bits per heavy atom. The molecule has 3 N–H and O–H groups in total. The van der Waals surface area contributed by atoms with Gasteiger partial charge in [-0.25, -0.2) is 15.0 Å². The fourth-order valence-corrected chi connectivity index (χ4v) is 1.75. The van der Waals surface area contributed by atoms with Crippen LogP contribution in [0, 0.1) is 0 Å². The predicted octanol–water partition coefficient (Wildman–Crippen LogP) is 2.10. The summed E-state index contributed by atoms with van der Waals surface area (Å²) in [4.78, 5) is 17.5. The second kappa shape index (κ2) is 19.3. The second-order valence-corrected chi connectivity index (χ2v) is 5.12. The molecule has 0 aliphatic carbocycles. The van der Waals surface area contributed by atoms with Gasteiger partial charge in [0.25, 0.3) is 0 Å². The van der Waals surface area contributed by atoms with E-state index < -0.39 is 0 Å². The number of rotatable bonds is 0. The normalized spacial score (nSPS) is 13.6. The molecule has 3 aromatic heterocycles. The van der Waals surface area contributed by atoms with Gasteiger partial charge in [-0.15, -0.1) is 0 Å². The number of hydrogen-bond donors (Lipinski definition) is 3. The highest BCUT2D eigenvalue weighted by Crippen LogP contribution is 1.96. The molecular weight excluding hydrogens is 344 g/mol. The quantitative estimate of drug-likeness (QED) is 0.556. The van der Waals surface area contributed by atoms with Crippen LogP contribution < -0.4 is 5.32 Å². The molecule has 9 heteroatoms. The number of aromatic amines is 2. The molecular formula is C18H28N8O. The molecule has 1 saturated heterocycles. The Bertz CT molecular complexity index is 493. The minimum absolute atomic E-state index is 0.778. The van der Waals surface area contributed by atoms with Gasteiger partial charge in [0.05, 0.1) is 12.9 Å². The summed E-state index contributed by atoms with van der Waals surface area (Å²) in [6, 6.07) is 3.61. The Morgan fingerprint density at radius 1 is 0.815 bits per heavy atom. The molecule has 1 fully saturated rings. The van der Waals surface area contributed by atoms with E-state index in [1.165, 1.54) is 45.1 Å².